The Kier molecular flexibility index (Phi) is 5.32. The number of hydrogen-bond donors (Lipinski definition) is 1. The average Bonchev–Trinajstić information content (AvgIpc) is 2.49. The minimum atomic E-state index is 0.0699. The molecule has 0 amide bonds. The summed E-state index contributed by atoms with van der Waals surface area (Å²) in [6.07, 6.45) is 10.9. The monoisotopic (exact) mass is 304 g/mol. The number of rotatable bonds is 5. The Morgan fingerprint density at radius 1 is 1.41 bits per heavy atom. The first-order valence-electron chi connectivity index (χ1n) is 8.78. The van der Waals surface area contributed by atoms with Crippen LogP contribution in [0.2, 0.25) is 0 Å². The van der Waals surface area contributed by atoms with Gasteiger partial charge in [0.25, 0.3) is 0 Å². The van der Waals surface area contributed by atoms with Crippen molar-refractivity contribution < 1.29 is 9.90 Å². The molecule has 0 spiro atoms. The number of carbonyl (C=O) groups is 1. The number of carbonyl (C=O) groups excluding carboxylic acids is 1. The molecule has 2 fully saturated rings. The van der Waals surface area contributed by atoms with Crippen LogP contribution < -0.4 is 0 Å². The molecule has 4 atom stereocenters. The minimum Gasteiger partial charge on any atom is -0.396 e. The van der Waals surface area contributed by atoms with E-state index in [9.17, 15) is 9.90 Å². The first-order chi connectivity index (χ1) is 10.4. The predicted molar refractivity (Wildman–Crippen MR) is 91.6 cm³/mol. The van der Waals surface area contributed by atoms with Crippen LogP contribution in [0.15, 0.2) is 23.8 Å². The summed E-state index contributed by atoms with van der Waals surface area (Å²) in [5.41, 5.74) is 2.54. The number of aliphatic hydroxyl groups excluding tert-OH is 1. The van der Waals surface area contributed by atoms with Crippen LogP contribution in [0.25, 0.3) is 0 Å². The van der Waals surface area contributed by atoms with Gasteiger partial charge in [-0.05, 0) is 73.7 Å². The van der Waals surface area contributed by atoms with E-state index < -0.39 is 0 Å². The maximum absolute atomic E-state index is 10.8. The summed E-state index contributed by atoms with van der Waals surface area (Å²) in [5.74, 6) is 1.11. The van der Waals surface area contributed by atoms with Crippen LogP contribution in [0.3, 0.4) is 0 Å². The molecular formula is C20H32O2. The van der Waals surface area contributed by atoms with Crippen LogP contribution in [0.1, 0.15) is 65.7 Å². The van der Waals surface area contributed by atoms with Gasteiger partial charge < -0.3 is 5.11 Å². The molecule has 0 aromatic carbocycles. The fraction of sp³-hybridized carbons (Fsp3) is 0.750. The van der Waals surface area contributed by atoms with Gasteiger partial charge in [0.15, 0.2) is 0 Å². The molecule has 0 bridgehead atoms. The third-order valence-electron chi connectivity index (χ3n) is 6.61. The van der Waals surface area contributed by atoms with Crippen molar-refractivity contribution in [2.75, 3.05) is 6.61 Å². The van der Waals surface area contributed by atoms with Crippen LogP contribution in [0.5, 0.6) is 0 Å². The molecule has 1 N–H and O–H groups in total. The zero-order chi connectivity index (χ0) is 16.4. The van der Waals surface area contributed by atoms with Gasteiger partial charge in [0.1, 0.15) is 6.29 Å². The average molecular weight is 304 g/mol. The Morgan fingerprint density at radius 3 is 2.77 bits per heavy atom. The van der Waals surface area contributed by atoms with E-state index in [4.69, 9.17) is 0 Å². The first kappa shape index (κ1) is 17.5. The molecule has 2 saturated carbocycles. The number of aldehydes is 1. The second-order valence-electron chi connectivity index (χ2n) is 8.12. The van der Waals surface area contributed by atoms with Crippen LogP contribution in [-0.4, -0.2) is 18.0 Å². The van der Waals surface area contributed by atoms with Gasteiger partial charge in [-0.1, -0.05) is 38.5 Å². The highest BCUT2D eigenvalue weighted by Crippen LogP contribution is 2.61. The molecule has 0 aromatic rings. The molecule has 2 rings (SSSR count). The van der Waals surface area contributed by atoms with E-state index in [1.807, 2.05) is 6.92 Å². The van der Waals surface area contributed by atoms with Gasteiger partial charge in [-0.2, -0.15) is 0 Å². The summed E-state index contributed by atoms with van der Waals surface area (Å²) < 4.78 is 0. The van der Waals surface area contributed by atoms with Gasteiger partial charge in [-0.25, -0.2) is 0 Å². The van der Waals surface area contributed by atoms with E-state index in [1.165, 1.54) is 24.8 Å². The molecule has 2 nitrogen and oxygen atoms in total. The lowest BCUT2D eigenvalue weighted by atomic mass is 9.47. The molecule has 0 heterocycles. The lowest BCUT2D eigenvalue weighted by Gasteiger charge is -2.58. The van der Waals surface area contributed by atoms with Gasteiger partial charge >= 0.3 is 0 Å². The molecule has 0 saturated heterocycles. The Morgan fingerprint density at radius 2 is 2.14 bits per heavy atom. The third kappa shape index (κ3) is 3.08. The van der Waals surface area contributed by atoms with Crippen molar-refractivity contribution in [2.45, 2.75) is 65.7 Å². The number of aliphatic hydroxyl groups is 1. The second kappa shape index (κ2) is 6.70. The second-order valence-corrected chi connectivity index (χ2v) is 8.12. The number of allylic oxidation sites excluding steroid dienone is 3. The summed E-state index contributed by atoms with van der Waals surface area (Å²) in [7, 11) is 0. The summed E-state index contributed by atoms with van der Waals surface area (Å²) in [6.45, 7) is 11.2. The number of hydrogen-bond acceptors (Lipinski definition) is 2. The highest BCUT2D eigenvalue weighted by atomic mass is 16.3. The first-order valence-corrected chi connectivity index (χ1v) is 8.78. The zero-order valence-corrected chi connectivity index (χ0v) is 14.5. The summed E-state index contributed by atoms with van der Waals surface area (Å²) in [6, 6.07) is 0. The standard InChI is InChI=1S/C20H32O2/c1-15(13-21)7-5-8-17-16(2)9-10-18-19(3,14-22)11-6-12-20(17,18)4/h7,13,17-18,22H,2,5-6,8-12,14H2,1,3-4H3/b15-7-/t17-,18-,19+,20+/m1/s1. The zero-order valence-electron chi connectivity index (χ0n) is 14.5. The molecule has 2 aliphatic carbocycles. The predicted octanol–water partition coefficient (Wildman–Crippen LogP) is 4.68. The molecule has 2 aliphatic rings. The molecular weight excluding hydrogens is 272 g/mol. The van der Waals surface area contributed by atoms with Crippen molar-refractivity contribution in [3.05, 3.63) is 23.8 Å². The van der Waals surface area contributed by atoms with Crippen LogP contribution >= 0.6 is 0 Å². The molecule has 2 heteroatoms. The molecule has 0 unspecified atom stereocenters. The number of fused-ring (bicyclic) bond motifs is 1. The minimum absolute atomic E-state index is 0.0699. The van der Waals surface area contributed by atoms with Crippen LogP contribution in [0.4, 0.5) is 0 Å². The summed E-state index contributed by atoms with van der Waals surface area (Å²) in [5, 5.41) is 9.97. The van der Waals surface area contributed by atoms with E-state index in [0.29, 0.717) is 18.4 Å². The maximum Gasteiger partial charge on any atom is 0.145 e. The Hall–Kier alpha value is -0.890. The van der Waals surface area contributed by atoms with Gasteiger partial charge in [-0.3, -0.25) is 4.79 Å². The van der Waals surface area contributed by atoms with Gasteiger partial charge in [0.2, 0.25) is 0 Å². The molecule has 0 aliphatic heterocycles. The molecule has 0 radical (unpaired) electrons. The topological polar surface area (TPSA) is 37.3 Å². The van der Waals surface area contributed by atoms with Crippen molar-refractivity contribution in [3.63, 3.8) is 0 Å². The quantitative estimate of drug-likeness (QED) is 0.455. The van der Waals surface area contributed by atoms with E-state index in [-0.39, 0.29) is 10.8 Å². The Bertz CT molecular complexity index is 464. The largest absolute Gasteiger partial charge is 0.396 e. The lowest BCUT2D eigenvalue weighted by Crippen LogP contribution is -2.51. The van der Waals surface area contributed by atoms with Crippen molar-refractivity contribution in [1.82, 2.24) is 0 Å². The van der Waals surface area contributed by atoms with Crippen molar-refractivity contribution in [2.24, 2.45) is 22.7 Å². The van der Waals surface area contributed by atoms with E-state index in [1.54, 1.807) is 0 Å². The van der Waals surface area contributed by atoms with Crippen molar-refractivity contribution in [3.8, 4) is 0 Å². The Labute approximate surface area is 135 Å². The maximum atomic E-state index is 10.8. The highest BCUT2D eigenvalue weighted by molar-refractivity contribution is 5.71. The summed E-state index contributed by atoms with van der Waals surface area (Å²) in [4.78, 5) is 10.8. The lowest BCUT2D eigenvalue weighted by molar-refractivity contribution is -0.104. The van der Waals surface area contributed by atoms with Crippen LogP contribution in [0, 0.1) is 22.7 Å². The van der Waals surface area contributed by atoms with E-state index in [0.717, 1.165) is 37.5 Å². The molecule has 0 aromatic heterocycles. The summed E-state index contributed by atoms with van der Waals surface area (Å²) >= 11 is 0. The van der Waals surface area contributed by atoms with E-state index >= 15 is 0 Å². The Balaban J connectivity index is 2.20. The molecule has 22 heavy (non-hydrogen) atoms. The normalized spacial score (nSPS) is 39.5. The van der Waals surface area contributed by atoms with Crippen molar-refractivity contribution >= 4 is 6.29 Å². The highest BCUT2D eigenvalue weighted by Gasteiger charge is 2.53. The fourth-order valence-electron chi connectivity index (χ4n) is 5.33. The van der Waals surface area contributed by atoms with Crippen LogP contribution in [-0.2, 0) is 4.79 Å². The van der Waals surface area contributed by atoms with Crippen molar-refractivity contribution in [1.29, 1.82) is 0 Å². The molecule has 124 valence electrons. The van der Waals surface area contributed by atoms with Gasteiger partial charge in [0.05, 0.1) is 0 Å². The SMILES string of the molecule is C=C1CC[C@@H]2[C@](C)(CO)CCC[C@@]2(C)[C@@H]1CC/C=C(/C)C=O. The van der Waals surface area contributed by atoms with E-state index in [2.05, 4.69) is 26.5 Å². The smallest absolute Gasteiger partial charge is 0.145 e. The van der Waals surface area contributed by atoms with Gasteiger partial charge in [-0.15, -0.1) is 0 Å². The fourth-order valence-corrected chi connectivity index (χ4v) is 5.33. The third-order valence-corrected chi connectivity index (χ3v) is 6.61. The van der Waals surface area contributed by atoms with Gasteiger partial charge in [0, 0.05) is 6.61 Å².